The van der Waals surface area contributed by atoms with Crippen LogP contribution in [0.4, 0.5) is 0 Å². The topological polar surface area (TPSA) is 50.2 Å². The molecule has 0 aliphatic carbocycles. The third-order valence-electron chi connectivity index (χ3n) is 8.53. The molecule has 0 unspecified atom stereocenters. The maximum absolute atomic E-state index is 11.7. The van der Waals surface area contributed by atoms with Gasteiger partial charge in [-0.05, 0) is 55.0 Å². The fraction of sp³-hybridized carbons (Fsp3) is 0.385. The molecule has 0 atom stereocenters. The van der Waals surface area contributed by atoms with Crippen molar-refractivity contribution in [2.75, 3.05) is 0 Å². The molecule has 0 fully saturated rings. The maximum Gasteiger partial charge on any atom is 0.162 e. The van der Waals surface area contributed by atoms with E-state index in [4.69, 9.17) is 4.98 Å². The van der Waals surface area contributed by atoms with Gasteiger partial charge in [0.1, 0.15) is 0 Å². The summed E-state index contributed by atoms with van der Waals surface area (Å²) in [6, 6.07) is 23.2. The van der Waals surface area contributed by atoms with Gasteiger partial charge in [0.25, 0.3) is 0 Å². The zero-order chi connectivity index (χ0) is 31.3. The number of aliphatic hydroxyl groups excluding tert-OH is 1. The van der Waals surface area contributed by atoms with Crippen molar-refractivity contribution in [3.8, 4) is 11.3 Å². The van der Waals surface area contributed by atoms with E-state index >= 15 is 0 Å². The first-order chi connectivity index (χ1) is 20.5. The third kappa shape index (κ3) is 7.68. The second-order valence-corrected chi connectivity index (χ2v) is 13.5. The number of fused-ring (bicyclic) bond motifs is 4. The predicted octanol–water partition coefficient (Wildman–Crippen LogP) is 11.5. The standard InChI is InChI=1S/C26H22NS.C13H24O2.Ir/c1-16-8-7-11-20-21-12-13-27-23(25(21)28-24(16)20)18-14-17-9-5-6-10-19(17)22(15-18)26(2,3)4;1-5-10(6-2)12(14)9-13(15)11(7-3)8-4;/h5-13,15H,1-4H3;9-11,14H,5-8H2,1-4H3;/q-1;;/b;12-9-;. The zero-order valence-corrected chi connectivity index (χ0v) is 30.6. The number of hydrogen-bond donors (Lipinski definition) is 1. The summed E-state index contributed by atoms with van der Waals surface area (Å²) in [4.78, 5) is 16.5. The van der Waals surface area contributed by atoms with E-state index in [0.29, 0.717) is 0 Å². The van der Waals surface area contributed by atoms with Gasteiger partial charge in [0.15, 0.2) is 5.78 Å². The summed E-state index contributed by atoms with van der Waals surface area (Å²) in [7, 11) is 0. The van der Waals surface area contributed by atoms with Crippen LogP contribution in [-0.4, -0.2) is 15.9 Å². The maximum atomic E-state index is 11.7. The normalized spacial score (nSPS) is 12.1. The van der Waals surface area contributed by atoms with Gasteiger partial charge in [0.2, 0.25) is 0 Å². The number of hydrogen-bond acceptors (Lipinski definition) is 4. The van der Waals surface area contributed by atoms with Crippen LogP contribution in [0.2, 0.25) is 0 Å². The molecule has 0 amide bonds. The first-order valence-corrected chi connectivity index (χ1v) is 16.5. The van der Waals surface area contributed by atoms with Gasteiger partial charge in [-0.1, -0.05) is 95.8 Å². The molecule has 0 saturated heterocycles. The van der Waals surface area contributed by atoms with E-state index in [-0.39, 0.29) is 48.9 Å². The quantitative estimate of drug-likeness (QED) is 0.0968. The number of thiophene rings is 1. The van der Waals surface area contributed by atoms with Crippen molar-refractivity contribution in [2.24, 2.45) is 11.8 Å². The number of pyridine rings is 1. The van der Waals surface area contributed by atoms with Crippen molar-refractivity contribution < 1.29 is 30.0 Å². The predicted molar refractivity (Wildman–Crippen MR) is 186 cm³/mol. The number of benzene rings is 3. The Bertz CT molecular complexity index is 1750. The molecule has 235 valence electrons. The van der Waals surface area contributed by atoms with Crippen molar-refractivity contribution in [3.05, 3.63) is 89.8 Å². The number of nitrogens with zero attached hydrogens (tertiary/aromatic N) is 1. The first-order valence-electron chi connectivity index (χ1n) is 15.7. The monoisotopic (exact) mass is 785 g/mol. The molecule has 5 rings (SSSR count). The number of allylic oxidation sites excluding steroid dienone is 2. The molecule has 0 spiro atoms. The van der Waals surface area contributed by atoms with Gasteiger partial charge in [-0.15, -0.1) is 40.5 Å². The molecule has 2 aromatic heterocycles. The summed E-state index contributed by atoms with van der Waals surface area (Å²) in [5.41, 5.74) is 4.83. The average Bonchev–Trinajstić information content (AvgIpc) is 3.38. The van der Waals surface area contributed by atoms with Gasteiger partial charge in [-0.3, -0.25) is 9.78 Å². The molecule has 1 radical (unpaired) electrons. The smallest absolute Gasteiger partial charge is 0.162 e. The summed E-state index contributed by atoms with van der Waals surface area (Å²) in [5, 5.41) is 14.8. The van der Waals surface area contributed by atoms with Gasteiger partial charge in [0.05, 0.1) is 5.76 Å². The molecule has 2 heterocycles. The second-order valence-electron chi connectivity index (χ2n) is 12.5. The van der Waals surface area contributed by atoms with Crippen LogP contribution in [0.5, 0.6) is 0 Å². The van der Waals surface area contributed by atoms with E-state index in [1.165, 1.54) is 42.8 Å². The van der Waals surface area contributed by atoms with Crippen molar-refractivity contribution in [1.29, 1.82) is 0 Å². The molecule has 5 heteroatoms. The largest absolute Gasteiger partial charge is 0.512 e. The number of aryl methyl sites for hydroxylation is 1. The van der Waals surface area contributed by atoms with Crippen LogP contribution < -0.4 is 0 Å². The fourth-order valence-electron chi connectivity index (χ4n) is 5.82. The number of carbonyl (C=O) groups excluding carboxylic acids is 1. The number of carbonyl (C=O) groups is 1. The second kappa shape index (κ2) is 15.4. The molecular weight excluding hydrogens is 739 g/mol. The van der Waals surface area contributed by atoms with E-state index < -0.39 is 0 Å². The third-order valence-corrected chi connectivity index (χ3v) is 9.89. The molecule has 1 N–H and O–H groups in total. The number of rotatable bonds is 8. The molecule has 3 nitrogen and oxygen atoms in total. The van der Waals surface area contributed by atoms with Gasteiger partial charge >= 0.3 is 0 Å². The molecule has 3 aromatic carbocycles. The molecule has 0 aliphatic rings. The van der Waals surface area contributed by atoms with Gasteiger partial charge in [-0.2, -0.15) is 0 Å². The minimum Gasteiger partial charge on any atom is -0.512 e. The van der Waals surface area contributed by atoms with Crippen LogP contribution in [0.3, 0.4) is 0 Å². The summed E-state index contributed by atoms with van der Waals surface area (Å²) in [5.74, 6) is 0.547. The van der Waals surface area contributed by atoms with E-state index in [0.717, 1.165) is 42.3 Å². The van der Waals surface area contributed by atoms with E-state index in [1.54, 1.807) is 0 Å². The minimum atomic E-state index is 0. The van der Waals surface area contributed by atoms with Crippen molar-refractivity contribution in [1.82, 2.24) is 4.98 Å². The van der Waals surface area contributed by atoms with E-state index in [9.17, 15) is 9.90 Å². The first kappa shape index (κ1) is 35.6. The van der Waals surface area contributed by atoms with E-state index in [2.05, 4.69) is 88.4 Å². The SMILES string of the molecule is CCC(CC)C(=O)/C=C(\O)C(CC)CC.Cc1cccc2c1sc1c(-c3[c-]c4ccccc4c(C(C)(C)C)c3)nccc12.[Ir]. The van der Waals surface area contributed by atoms with Crippen LogP contribution >= 0.6 is 11.3 Å². The van der Waals surface area contributed by atoms with Crippen molar-refractivity contribution in [3.63, 3.8) is 0 Å². The molecule has 0 bridgehead atoms. The van der Waals surface area contributed by atoms with Crippen LogP contribution in [0.25, 0.3) is 42.2 Å². The van der Waals surface area contributed by atoms with Crippen molar-refractivity contribution in [2.45, 2.75) is 86.5 Å². The Morgan fingerprint density at radius 2 is 1.50 bits per heavy atom. The minimum absolute atomic E-state index is 0. The Hall–Kier alpha value is -2.85. The Kier molecular flexibility index (Phi) is 12.5. The molecular formula is C39H46IrNO2S-. The Morgan fingerprint density at radius 1 is 0.886 bits per heavy atom. The van der Waals surface area contributed by atoms with Gasteiger partial charge in [-0.25, -0.2) is 0 Å². The molecule has 44 heavy (non-hydrogen) atoms. The summed E-state index contributed by atoms with van der Waals surface area (Å²) < 4.78 is 2.60. The number of aromatic nitrogens is 1. The summed E-state index contributed by atoms with van der Waals surface area (Å²) >= 11 is 1.85. The van der Waals surface area contributed by atoms with Crippen LogP contribution in [0, 0.1) is 24.8 Å². The average molecular weight is 785 g/mol. The van der Waals surface area contributed by atoms with Crippen LogP contribution in [-0.2, 0) is 30.3 Å². The van der Waals surface area contributed by atoms with Crippen LogP contribution in [0.1, 0.15) is 85.3 Å². The van der Waals surface area contributed by atoms with Gasteiger partial charge in [0, 0.05) is 64.7 Å². The van der Waals surface area contributed by atoms with Gasteiger partial charge < -0.3 is 5.11 Å². The Morgan fingerprint density at radius 3 is 2.14 bits per heavy atom. The molecule has 0 saturated carbocycles. The Labute approximate surface area is 281 Å². The zero-order valence-electron chi connectivity index (χ0n) is 27.4. The number of ketones is 1. The molecule has 5 aromatic rings. The molecule has 0 aliphatic heterocycles. The van der Waals surface area contributed by atoms with Crippen molar-refractivity contribution >= 4 is 48.1 Å². The summed E-state index contributed by atoms with van der Waals surface area (Å²) in [6.45, 7) is 17.1. The fourth-order valence-corrected chi connectivity index (χ4v) is 7.08. The summed E-state index contributed by atoms with van der Waals surface area (Å²) in [6.07, 6.45) is 6.84. The Balaban J connectivity index is 0.000000286. The van der Waals surface area contributed by atoms with Crippen LogP contribution in [0.15, 0.2) is 72.6 Å². The van der Waals surface area contributed by atoms with E-state index in [1.807, 2.05) is 45.2 Å². The number of aliphatic hydroxyl groups is 1.